The number of amidine groups is 1. The number of amides is 1. The molecule has 2 heterocycles. The number of aliphatic imine (C=N–C) groups is 1. The van der Waals surface area contributed by atoms with E-state index in [-0.39, 0.29) is 34.6 Å². The molecule has 0 radical (unpaired) electrons. The van der Waals surface area contributed by atoms with Crippen molar-refractivity contribution in [2.24, 2.45) is 10.9 Å². The number of rotatable bonds is 6. The fourth-order valence-electron chi connectivity index (χ4n) is 4.04. The summed E-state index contributed by atoms with van der Waals surface area (Å²) in [5.74, 6) is 0.348. The lowest BCUT2D eigenvalue weighted by molar-refractivity contribution is -0.118. The van der Waals surface area contributed by atoms with Gasteiger partial charge in [-0.05, 0) is 50.5 Å². The maximum atomic E-state index is 12.4. The fraction of sp³-hybridized carbons (Fsp3) is 0.619. The molecule has 2 saturated heterocycles. The van der Waals surface area contributed by atoms with Crippen molar-refractivity contribution >= 4 is 44.0 Å². The van der Waals surface area contributed by atoms with Crippen LogP contribution in [0.2, 0.25) is 0 Å². The molecule has 160 valence electrons. The number of fused-ring (bicyclic) bond motifs is 1. The maximum absolute atomic E-state index is 12.4. The summed E-state index contributed by atoms with van der Waals surface area (Å²) in [6.45, 7) is 12.1. The van der Waals surface area contributed by atoms with Crippen LogP contribution in [0.25, 0.3) is 0 Å². The van der Waals surface area contributed by atoms with E-state index in [1.165, 1.54) is 11.8 Å². The molecule has 0 aromatic heterocycles. The Labute approximate surface area is 178 Å². The summed E-state index contributed by atoms with van der Waals surface area (Å²) < 4.78 is 24.5. The molecule has 29 heavy (non-hydrogen) atoms. The molecule has 1 aromatic rings. The quantitative estimate of drug-likeness (QED) is 0.679. The third-order valence-electron chi connectivity index (χ3n) is 5.44. The molecule has 6 nitrogen and oxygen atoms in total. The number of carbonyl (C=O) groups excluding carboxylic acids is 1. The first-order valence-electron chi connectivity index (χ1n) is 10.3. The van der Waals surface area contributed by atoms with Crippen molar-refractivity contribution in [2.45, 2.75) is 52.3 Å². The van der Waals surface area contributed by atoms with Crippen molar-refractivity contribution in [1.82, 2.24) is 0 Å². The highest BCUT2D eigenvalue weighted by atomic mass is 32.2. The lowest BCUT2D eigenvalue weighted by Crippen LogP contribution is -2.38. The Balaban J connectivity index is 1.99. The zero-order valence-corrected chi connectivity index (χ0v) is 19.5. The molecule has 2 atom stereocenters. The molecule has 2 fully saturated rings. The molecular formula is C21H31N3O3S2. The zero-order valence-electron chi connectivity index (χ0n) is 17.9. The van der Waals surface area contributed by atoms with Gasteiger partial charge in [-0.3, -0.25) is 4.79 Å². The fourth-order valence-corrected chi connectivity index (χ4v) is 7.97. The average Bonchev–Trinajstić information content (AvgIpc) is 3.06. The van der Waals surface area contributed by atoms with Crippen molar-refractivity contribution in [3.63, 3.8) is 0 Å². The highest BCUT2D eigenvalue weighted by Crippen LogP contribution is 2.42. The van der Waals surface area contributed by atoms with Crippen molar-refractivity contribution in [3.8, 4) is 0 Å². The van der Waals surface area contributed by atoms with Crippen LogP contribution >= 0.6 is 11.8 Å². The van der Waals surface area contributed by atoms with Crippen LogP contribution in [0.15, 0.2) is 23.2 Å². The molecule has 0 saturated carbocycles. The molecule has 0 unspecified atom stereocenters. The molecule has 2 aliphatic rings. The lowest BCUT2D eigenvalue weighted by Gasteiger charge is -2.28. The largest absolute Gasteiger partial charge is 0.372 e. The first kappa shape index (κ1) is 22.2. The van der Waals surface area contributed by atoms with Crippen LogP contribution in [-0.4, -0.2) is 55.4 Å². The van der Waals surface area contributed by atoms with E-state index in [9.17, 15) is 13.2 Å². The highest BCUT2D eigenvalue weighted by Gasteiger charge is 2.49. The molecule has 0 aliphatic carbocycles. The van der Waals surface area contributed by atoms with Crippen LogP contribution < -0.4 is 9.80 Å². The number of hydrogen-bond donors (Lipinski definition) is 0. The summed E-state index contributed by atoms with van der Waals surface area (Å²) in [5, 5.41) is 0.562. The molecule has 2 aliphatic heterocycles. The molecular weight excluding hydrogens is 406 g/mol. The van der Waals surface area contributed by atoms with E-state index in [4.69, 9.17) is 0 Å². The Bertz CT molecular complexity index is 908. The van der Waals surface area contributed by atoms with Crippen LogP contribution in [0.1, 0.15) is 39.7 Å². The van der Waals surface area contributed by atoms with Crippen molar-refractivity contribution in [3.05, 3.63) is 23.8 Å². The van der Waals surface area contributed by atoms with Gasteiger partial charge in [-0.2, -0.15) is 4.99 Å². The van der Waals surface area contributed by atoms with Gasteiger partial charge in [0.1, 0.15) is 0 Å². The molecule has 0 spiro atoms. The van der Waals surface area contributed by atoms with Gasteiger partial charge in [0, 0.05) is 36.1 Å². The summed E-state index contributed by atoms with van der Waals surface area (Å²) >= 11 is 1.44. The second-order valence-electron chi connectivity index (χ2n) is 8.20. The standard InChI is InChI=1S/C21H31N3O3S2/c1-6-23(7-2)16-8-9-17(15(5)11-16)24-18-12-29(26,27)13-19(18)28-21(24)22-20(25)10-14(3)4/h8-9,11,14,18-19H,6-7,10,12-13H2,1-5H3/t18-,19-/m0/s1. The van der Waals surface area contributed by atoms with Gasteiger partial charge in [0.25, 0.3) is 0 Å². The first-order valence-corrected chi connectivity index (χ1v) is 13.0. The summed E-state index contributed by atoms with van der Waals surface area (Å²) in [4.78, 5) is 21.1. The Hall–Kier alpha value is -1.54. The summed E-state index contributed by atoms with van der Waals surface area (Å²) in [6.07, 6.45) is 0.394. The van der Waals surface area contributed by atoms with Crippen molar-refractivity contribution in [2.75, 3.05) is 34.4 Å². The predicted molar refractivity (Wildman–Crippen MR) is 123 cm³/mol. The Kier molecular flexibility index (Phi) is 6.63. The van der Waals surface area contributed by atoms with Crippen molar-refractivity contribution in [1.29, 1.82) is 0 Å². The normalized spacial score (nSPS) is 24.3. The number of thioether (sulfide) groups is 1. The van der Waals surface area contributed by atoms with Crippen LogP contribution in [0.4, 0.5) is 11.4 Å². The van der Waals surface area contributed by atoms with Crippen LogP contribution in [0.3, 0.4) is 0 Å². The molecule has 1 aromatic carbocycles. The van der Waals surface area contributed by atoms with Gasteiger partial charge < -0.3 is 9.80 Å². The minimum Gasteiger partial charge on any atom is -0.372 e. The Morgan fingerprint density at radius 3 is 2.55 bits per heavy atom. The van der Waals surface area contributed by atoms with Crippen LogP contribution in [-0.2, 0) is 14.6 Å². The molecule has 0 N–H and O–H groups in total. The van der Waals surface area contributed by atoms with E-state index in [0.717, 1.165) is 30.0 Å². The number of anilines is 2. The number of aryl methyl sites for hydroxylation is 1. The maximum Gasteiger partial charge on any atom is 0.248 e. The number of carbonyl (C=O) groups is 1. The predicted octanol–water partition coefficient (Wildman–Crippen LogP) is 3.49. The summed E-state index contributed by atoms with van der Waals surface area (Å²) in [6, 6.07) is 6.08. The SMILES string of the molecule is CCN(CC)c1ccc(N2C(=NC(=O)CC(C)C)S[C@H]3CS(=O)(=O)C[C@@H]32)c(C)c1. The van der Waals surface area contributed by atoms with Gasteiger partial charge in [-0.15, -0.1) is 0 Å². The second-order valence-corrected chi connectivity index (χ2v) is 11.6. The van der Waals surface area contributed by atoms with Gasteiger partial charge >= 0.3 is 0 Å². The minimum absolute atomic E-state index is 0.0764. The average molecular weight is 438 g/mol. The van der Waals surface area contributed by atoms with Gasteiger partial charge in [0.2, 0.25) is 5.91 Å². The monoisotopic (exact) mass is 437 g/mol. The smallest absolute Gasteiger partial charge is 0.248 e. The highest BCUT2D eigenvalue weighted by molar-refractivity contribution is 8.16. The summed E-state index contributed by atoms with van der Waals surface area (Å²) in [7, 11) is -3.07. The molecule has 0 bridgehead atoms. The topological polar surface area (TPSA) is 70.0 Å². The summed E-state index contributed by atoms with van der Waals surface area (Å²) in [5.41, 5.74) is 3.14. The van der Waals surface area contributed by atoms with E-state index in [2.05, 4.69) is 35.9 Å². The number of nitrogens with zero attached hydrogens (tertiary/aromatic N) is 3. The molecule has 8 heteroatoms. The van der Waals surface area contributed by atoms with E-state index >= 15 is 0 Å². The molecule has 3 rings (SSSR count). The number of hydrogen-bond acceptors (Lipinski definition) is 5. The Morgan fingerprint density at radius 1 is 1.28 bits per heavy atom. The third kappa shape index (κ3) is 4.79. The number of benzene rings is 1. The van der Waals surface area contributed by atoms with E-state index in [1.54, 1.807) is 0 Å². The minimum atomic E-state index is -3.07. The first-order chi connectivity index (χ1) is 13.6. The number of sulfone groups is 1. The van der Waals surface area contributed by atoms with Gasteiger partial charge in [-0.25, -0.2) is 8.42 Å². The second kappa shape index (κ2) is 8.68. The van der Waals surface area contributed by atoms with E-state index in [0.29, 0.717) is 11.6 Å². The van der Waals surface area contributed by atoms with Gasteiger partial charge in [0.05, 0.1) is 17.5 Å². The lowest BCUT2D eigenvalue weighted by atomic mass is 10.1. The third-order valence-corrected chi connectivity index (χ3v) is 8.65. The van der Waals surface area contributed by atoms with E-state index < -0.39 is 9.84 Å². The van der Waals surface area contributed by atoms with Gasteiger partial charge in [-0.1, -0.05) is 25.6 Å². The Morgan fingerprint density at radius 2 is 1.97 bits per heavy atom. The van der Waals surface area contributed by atoms with E-state index in [1.807, 2.05) is 31.7 Å². The van der Waals surface area contributed by atoms with Gasteiger partial charge in [0.15, 0.2) is 15.0 Å². The zero-order chi connectivity index (χ0) is 21.3. The van der Waals surface area contributed by atoms with Crippen molar-refractivity contribution < 1.29 is 13.2 Å². The molecule has 1 amide bonds. The van der Waals surface area contributed by atoms with Crippen LogP contribution in [0.5, 0.6) is 0 Å². The van der Waals surface area contributed by atoms with Crippen LogP contribution in [0, 0.1) is 12.8 Å².